The van der Waals surface area contributed by atoms with Gasteiger partial charge in [0.15, 0.2) is 13.1 Å². The molecule has 0 aliphatic rings. The highest BCUT2D eigenvalue weighted by Gasteiger charge is 2.25. The Labute approximate surface area is 377 Å². The lowest BCUT2D eigenvalue weighted by Crippen LogP contribution is -3.00. The van der Waals surface area contributed by atoms with Crippen LogP contribution in [-0.4, -0.2) is 51.2 Å². The van der Waals surface area contributed by atoms with Crippen molar-refractivity contribution in [2.24, 2.45) is 0 Å². The van der Waals surface area contributed by atoms with Gasteiger partial charge >= 0.3 is 0 Å². The number of aromatic nitrogens is 2. The fraction of sp³-hybridized carbons (Fsp3) is 0.255. The Bertz CT molecular complexity index is 2560. The lowest BCUT2D eigenvalue weighted by atomic mass is 9.98. The zero-order valence-electron chi connectivity index (χ0n) is 35.6. The average molecular weight is 869 g/mol. The van der Waals surface area contributed by atoms with Gasteiger partial charge in [-0.05, 0) is 119 Å². The second kappa shape index (κ2) is 21.4. The van der Waals surface area contributed by atoms with Crippen molar-refractivity contribution in [2.45, 2.75) is 38.8 Å². The molecule has 0 aliphatic carbocycles. The Balaban J connectivity index is 0.00000321. The van der Waals surface area contributed by atoms with E-state index in [2.05, 4.69) is 141 Å². The number of rotatable bonds is 18. The normalized spacial score (nSPS) is 11.4. The molecule has 62 heavy (non-hydrogen) atoms. The Hall–Kier alpha value is -5.68. The first-order valence-corrected chi connectivity index (χ1v) is 21.4. The van der Waals surface area contributed by atoms with Crippen LogP contribution in [-0.2, 0) is 13.1 Å². The number of nitrogens with zero attached hydrogens (tertiary/aromatic N) is 3. The number of anilines is 4. The van der Waals surface area contributed by atoms with Gasteiger partial charge in [-0.2, -0.15) is 9.13 Å². The molecule has 0 aliphatic heterocycles. The summed E-state index contributed by atoms with van der Waals surface area (Å²) in [5.41, 5.74) is 35.5. The molecule has 0 bridgehead atoms. The zero-order chi connectivity index (χ0) is 41.4. The van der Waals surface area contributed by atoms with Crippen molar-refractivity contribution in [3.8, 4) is 22.5 Å². The van der Waals surface area contributed by atoms with E-state index in [9.17, 15) is 0 Å². The van der Waals surface area contributed by atoms with Crippen LogP contribution in [0, 0.1) is 0 Å². The Kier molecular flexibility index (Phi) is 15.8. The third-order valence-corrected chi connectivity index (χ3v) is 11.7. The number of benzene rings is 6. The van der Waals surface area contributed by atoms with E-state index in [1.165, 1.54) is 44.1 Å². The second-order valence-corrected chi connectivity index (χ2v) is 16.1. The predicted molar refractivity (Wildman–Crippen MR) is 254 cm³/mol. The van der Waals surface area contributed by atoms with Crippen molar-refractivity contribution in [1.29, 1.82) is 0 Å². The third kappa shape index (κ3) is 10.3. The molecule has 2 aromatic heterocycles. The van der Waals surface area contributed by atoms with E-state index in [-0.39, 0.29) is 24.8 Å². The van der Waals surface area contributed by atoms with Gasteiger partial charge in [-0.15, -0.1) is 0 Å². The van der Waals surface area contributed by atoms with E-state index in [4.69, 9.17) is 22.9 Å². The summed E-state index contributed by atoms with van der Waals surface area (Å²) in [5.74, 6) is 0. The summed E-state index contributed by atoms with van der Waals surface area (Å²) in [5, 5.41) is 14.5. The molecule has 0 unspecified atom stereocenters. The smallest absolute Gasteiger partial charge is 0.220 e. The number of halogens is 2. The van der Waals surface area contributed by atoms with Crippen LogP contribution in [0.5, 0.6) is 0 Å². The van der Waals surface area contributed by atoms with Gasteiger partial charge in [0, 0.05) is 82.7 Å². The maximum Gasteiger partial charge on any atom is 0.220 e. The number of nitrogens with two attached hydrogens (primary N) is 4. The minimum absolute atomic E-state index is 0. The minimum Gasteiger partial charge on any atom is -1.00 e. The highest BCUT2D eigenvalue weighted by molar-refractivity contribution is 6.11. The van der Waals surface area contributed by atoms with E-state index in [1.807, 2.05) is 24.3 Å². The van der Waals surface area contributed by atoms with Crippen LogP contribution in [0.1, 0.15) is 25.7 Å². The molecule has 10 N–H and O–H groups in total. The van der Waals surface area contributed by atoms with Crippen molar-refractivity contribution in [2.75, 3.05) is 69.3 Å². The molecule has 11 heteroatoms. The summed E-state index contributed by atoms with van der Waals surface area (Å²) in [6.45, 7) is 7.73. The lowest BCUT2D eigenvalue weighted by molar-refractivity contribution is -0.659. The van der Waals surface area contributed by atoms with Gasteiger partial charge in [0.05, 0.1) is 21.5 Å². The molecule has 8 rings (SSSR count). The molecule has 0 atom stereocenters. The number of fused-ring (bicyclic) bond motifs is 6. The molecular weight excluding hydrogens is 810 g/mol. The van der Waals surface area contributed by atoms with Crippen LogP contribution >= 0.6 is 0 Å². The molecule has 322 valence electrons. The summed E-state index contributed by atoms with van der Waals surface area (Å²) in [4.78, 5) is 2.45. The fourth-order valence-electron chi connectivity index (χ4n) is 8.83. The number of aryl methyl sites for hydroxylation is 2. The van der Waals surface area contributed by atoms with E-state index in [0.29, 0.717) is 0 Å². The van der Waals surface area contributed by atoms with Gasteiger partial charge in [0.1, 0.15) is 0 Å². The van der Waals surface area contributed by atoms with E-state index < -0.39 is 0 Å². The van der Waals surface area contributed by atoms with E-state index in [0.717, 1.165) is 123 Å². The SMILES string of the molecule is CN(CCCNCCC[n+]1c(-c2ccccc2)c2cc(N)ccc2c2ccc(N)cc21)CCCNCCC[n+]1c(-c2ccccc2)c2cc(N)ccc2c2ccc(N)cc21.[Cl-].[Cl-]. The van der Waals surface area contributed by atoms with Crippen molar-refractivity contribution in [3.05, 3.63) is 133 Å². The molecule has 0 spiro atoms. The highest BCUT2D eigenvalue weighted by Crippen LogP contribution is 2.35. The topological polar surface area (TPSA) is 139 Å². The van der Waals surface area contributed by atoms with Gasteiger partial charge in [0.25, 0.3) is 0 Å². The van der Waals surface area contributed by atoms with Crippen molar-refractivity contribution in [1.82, 2.24) is 15.5 Å². The van der Waals surface area contributed by atoms with Crippen LogP contribution in [0.15, 0.2) is 133 Å². The summed E-state index contributed by atoms with van der Waals surface area (Å²) in [7, 11) is 2.23. The number of nitrogens with one attached hydrogen (secondary N) is 2. The quantitative estimate of drug-likeness (QED) is 0.0336. The third-order valence-electron chi connectivity index (χ3n) is 11.7. The number of hydrogen-bond acceptors (Lipinski definition) is 7. The van der Waals surface area contributed by atoms with Gasteiger partial charge in [-0.1, -0.05) is 48.5 Å². The monoisotopic (exact) mass is 867 g/mol. The summed E-state index contributed by atoms with van der Waals surface area (Å²) in [6.07, 6.45) is 4.21. The van der Waals surface area contributed by atoms with Crippen LogP contribution in [0.25, 0.3) is 65.9 Å². The first kappa shape index (κ1) is 45.8. The van der Waals surface area contributed by atoms with Crippen molar-refractivity contribution < 1.29 is 33.9 Å². The lowest BCUT2D eigenvalue weighted by Gasteiger charge is -2.17. The predicted octanol–water partition coefficient (Wildman–Crippen LogP) is 1.92. The highest BCUT2D eigenvalue weighted by atomic mass is 35.5. The van der Waals surface area contributed by atoms with E-state index in [1.54, 1.807) is 0 Å². The summed E-state index contributed by atoms with van der Waals surface area (Å²) in [6, 6.07) is 46.2. The fourth-order valence-corrected chi connectivity index (χ4v) is 8.83. The minimum atomic E-state index is 0. The first-order valence-electron chi connectivity index (χ1n) is 21.4. The summed E-state index contributed by atoms with van der Waals surface area (Å²) < 4.78 is 4.87. The number of nitrogen functional groups attached to an aromatic ring is 4. The number of hydrogen-bond donors (Lipinski definition) is 6. The Morgan fingerprint density at radius 3 is 1.18 bits per heavy atom. The van der Waals surface area contributed by atoms with Crippen molar-refractivity contribution >= 4 is 66.1 Å². The first-order chi connectivity index (χ1) is 29.4. The molecule has 0 radical (unpaired) electrons. The van der Waals surface area contributed by atoms with Crippen LogP contribution < -0.4 is 67.5 Å². The molecule has 0 saturated carbocycles. The Morgan fingerprint density at radius 2 is 0.774 bits per heavy atom. The van der Waals surface area contributed by atoms with Crippen LogP contribution in [0.2, 0.25) is 0 Å². The van der Waals surface area contributed by atoms with Gasteiger partial charge < -0.3 is 63.3 Å². The van der Waals surface area contributed by atoms with Crippen LogP contribution in [0.3, 0.4) is 0 Å². The molecule has 0 amide bonds. The molecule has 9 nitrogen and oxygen atoms in total. The van der Waals surface area contributed by atoms with Crippen LogP contribution in [0.4, 0.5) is 22.7 Å². The molecule has 2 heterocycles. The maximum absolute atomic E-state index is 6.36. The second-order valence-electron chi connectivity index (χ2n) is 16.1. The molecule has 6 aromatic carbocycles. The number of pyridine rings is 2. The standard InChI is InChI=1S/C51H57N9.2ClH/c1-58(28-8-24-56-26-10-30-59-48-34-40(54)18-22-44(48)42-20-16-38(52)32-46(42)50(59)36-12-4-2-5-13-36)29-9-25-57-27-11-31-60-49-35-41(55)19-23-45(49)43-21-17-39(53)33-47(43)51(60)37-14-6-3-7-15-37;;/h2-7,12-23,32-35,54-57H,8-11,24-31,52-53H2,1H3;2*1H. The molecule has 0 saturated heterocycles. The Morgan fingerprint density at radius 1 is 0.419 bits per heavy atom. The average Bonchev–Trinajstić information content (AvgIpc) is 3.26. The van der Waals surface area contributed by atoms with Gasteiger partial charge in [-0.3, -0.25) is 0 Å². The van der Waals surface area contributed by atoms with Crippen molar-refractivity contribution in [3.63, 3.8) is 0 Å². The molecular formula is C51H59Cl2N9. The molecule has 8 aromatic rings. The molecule has 0 fully saturated rings. The largest absolute Gasteiger partial charge is 1.00 e. The van der Waals surface area contributed by atoms with Gasteiger partial charge in [-0.25, -0.2) is 0 Å². The van der Waals surface area contributed by atoms with Gasteiger partial charge in [0.2, 0.25) is 22.4 Å². The maximum atomic E-state index is 6.36. The van der Waals surface area contributed by atoms with E-state index >= 15 is 0 Å². The summed E-state index contributed by atoms with van der Waals surface area (Å²) >= 11 is 0. The zero-order valence-corrected chi connectivity index (χ0v) is 37.1.